The van der Waals surface area contributed by atoms with Gasteiger partial charge in [-0.05, 0) is 48.2 Å². The van der Waals surface area contributed by atoms with Crippen LogP contribution in [0, 0.1) is 0 Å². The number of likely N-dealkylation sites (tertiary alicyclic amines) is 1. The van der Waals surface area contributed by atoms with Crippen molar-refractivity contribution in [3.63, 3.8) is 0 Å². The van der Waals surface area contributed by atoms with Gasteiger partial charge in [-0.2, -0.15) is 0 Å². The van der Waals surface area contributed by atoms with Crippen molar-refractivity contribution in [2.75, 3.05) is 13.1 Å². The van der Waals surface area contributed by atoms with Crippen LogP contribution in [0.1, 0.15) is 28.9 Å². The number of amides is 1. The summed E-state index contributed by atoms with van der Waals surface area (Å²) in [7, 11) is 0. The summed E-state index contributed by atoms with van der Waals surface area (Å²) in [5.74, 6) is -0.0234. The van der Waals surface area contributed by atoms with Gasteiger partial charge >= 0.3 is 0 Å². The lowest BCUT2D eigenvalue weighted by atomic mass is 10.0. The summed E-state index contributed by atoms with van der Waals surface area (Å²) in [4.78, 5) is 22.3. The number of piperidine rings is 1. The average molecular weight is 360 g/mol. The highest BCUT2D eigenvalue weighted by atomic mass is 16.1. The molecule has 5 nitrogen and oxygen atoms in total. The zero-order valence-corrected chi connectivity index (χ0v) is 15.3. The summed E-state index contributed by atoms with van der Waals surface area (Å²) >= 11 is 0. The summed E-state index contributed by atoms with van der Waals surface area (Å²) in [6.07, 6.45) is 5.62. The number of pyridine rings is 1. The zero-order chi connectivity index (χ0) is 18.5. The molecular weight excluding hydrogens is 336 g/mol. The van der Waals surface area contributed by atoms with Crippen LogP contribution in [0.2, 0.25) is 0 Å². The third-order valence-electron chi connectivity index (χ3n) is 5.09. The molecule has 27 heavy (non-hydrogen) atoms. The van der Waals surface area contributed by atoms with E-state index in [9.17, 15) is 4.79 Å². The van der Waals surface area contributed by atoms with Crippen molar-refractivity contribution in [3.8, 4) is 11.3 Å². The molecule has 1 aliphatic heterocycles. The van der Waals surface area contributed by atoms with Gasteiger partial charge in [0.1, 0.15) is 5.69 Å². The SMILES string of the molecule is O=C(NC1CCN(Cc2ccncc2)CC1)c1ccc(-c2ccccc2)[nH]1. The second-order valence-electron chi connectivity index (χ2n) is 7.03. The number of aromatic amines is 1. The number of nitrogens with zero attached hydrogens (tertiary/aromatic N) is 2. The van der Waals surface area contributed by atoms with Gasteiger partial charge in [-0.1, -0.05) is 30.3 Å². The summed E-state index contributed by atoms with van der Waals surface area (Å²) < 4.78 is 0. The number of carbonyl (C=O) groups is 1. The molecule has 0 aliphatic carbocycles. The Bertz CT molecular complexity index is 868. The zero-order valence-electron chi connectivity index (χ0n) is 15.3. The van der Waals surface area contributed by atoms with E-state index in [1.807, 2.05) is 54.9 Å². The highest BCUT2D eigenvalue weighted by molar-refractivity contribution is 5.93. The Balaban J connectivity index is 1.29. The van der Waals surface area contributed by atoms with E-state index >= 15 is 0 Å². The fourth-order valence-electron chi connectivity index (χ4n) is 3.56. The Labute approximate surface area is 159 Å². The molecule has 138 valence electrons. The van der Waals surface area contributed by atoms with Gasteiger partial charge in [-0.3, -0.25) is 14.7 Å². The summed E-state index contributed by atoms with van der Waals surface area (Å²) in [5, 5.41) is 3.18. The number of hydrogen-bond acceptors (Lipinski definition) is 3. The van der Waals surface area contributed by atoms with E-state index < -0.39 is 0 Å². The molecule has 4 rings (SSSR count). The molecule has 0 atom stereocenters. The van der Waals surface area contributed by atoms with E-state index in [2.05, 4.69) is 32.3 Å². The number of nitrogens with one attached hydrogen (secondary N) is 2. The minimum Gasteiger partial charge on any atom is -0.351 e. The van der Waals surface area contributed by atoms with Gasteiger partial charge in [0, 0.05) is 43.8 Å². The molecule has 5 heteroatoms. The highest BCUT2D eigenvalue weighted by Crippen LogP contribution is 2.19. The minimum atomic E-state index is -0.0234. The number of benzene rings is 1. The Kier molecular flexibility index (Phi) is 5.30. The fraction of sp³-hybridized carbons (Fsp3) is 0.273. The number of aromatic nitrogens is 2. The molecule has 2 aromatic heterocycles. The normalized spacial score (nSPS) is 15.6. The molecule has 1 aliphatic rings. The quantitative estimate of drug-likeness (QED) is 0.732. The summed E-state index contributed by atoms with van der Waals surface area (Å²) in [6, 6.07) is 18.2. The molecule has 3 aromatic rings. The maximum Gasteiger partial charge on any atom is 0.267 e. The van der Waals surface area contributed by atoms with Crippen LogP contribution in [0.5, 0.6) is 0 Å². The monoisotopic (exact) mass is 360 g/mol. The van der Waals surface area contributed by atoms with Crippen LogP contribution in [0.25, 0.3) is 11.3 Å². The number of carbonyl (C=O) groups excluding carboxylic acids is 1. The lowest BCUT2D eigenvalue weighted by Crippen LogP contribution is -2.44. The van der Waals surface area contributed by atoms with Crippen LogP contribution in [0.3, 0.4) is 0 Å². The van der Waals surface area contributed by atoms with Gasteiger partial charge in [-0.15, -0.1) is 0 Å². The largest absolute Gasteiger partial charge is 0.351 e. The predicted molar refractivity (Wildman–Crippen MR) is 106 cm³/mol. The van der Waals surface area contributed by atoms with Crippen LogP contribution in [0.4, 0.5) is 0 Å². The van der Waals surface area contributed by atoms with E-state index in [1.54, 1.807) is 0 Å². The van der Waals surface area contributed by atoms with Crippen molar-refractivity contribution in [1.82, 2.24) is 20.2 Å². The molecular formula is C22H24N4O. The van der Waals surface area contributed by atoms with Crippen LogP contribution < -0.4 is 5.32 Å². The first kappa shape index (κ1) is 17.5. The molecule has 1 fully saturated rings. The maximum absolute atomic E-state index is 12.6. The van der Waals surface area contributed by atoms with Crippen LogP contribution >= 0.6 is 0 Å². The Morgan fingerprint density at radius 1 is 1.04 bits per heavy atom. The Hall–Kier alpha value is -2.92. The number of hydrogen-bond donors (Lipinski definition) is 2. The molecule has 2 N–H and O–H groups in total. The lowest BCUT2D eigenvalue weighted by molar-refractivity contribution is 0.0904. The van der Waals surface area contributed by atoms with Gasteiger partial charge in [0.2, 0.25) is 0 Å². The third kappa shape index (κ3) is 4.44. The van der Waals surface area contributed by atoms with Crippen molar-refractivity contribution >= 4 is 5.91 Å². The van der Waals surface area contributed by atoms with Gasteiger partial charge < -0.3 is 10.3 Å². The molecule has 0 unspecified atom stereocenters. The first-order chi connectivity index (χ1) is 13.3. The lowest BCUT2D eigenvalue weighted by Gasteiger charge is -2.32. The van der Waals surface area contributed by atoms with Crippen molar-refractivity contribution in [2.24, 2.45) is 0 Å². The van der Waals surface area contributed by atoms with Gasteiger partial charge in [0.05, 0.1) is 0 Å². The van der Waals surface area contributed by atoms with Crippen LogP contribution in [0.15, 0.2) is 67.0 Å². The highest BCUT2D eigenvalue weighted by Gasteiger charge is 2.21. The first-order valence-electron chi connectivity index (χ1n) is 9.44. The molecule has 3 heterocycles. The molecule has 1 saturated heterocycles. The van der Waals surface area contributed by atoms with E-state index in [0.29, 0.717) is 5.69 Å². The van der Waals surface area contributed by atoms with E-state index in [1.165, 1.54) is 5.56 Å². The predicted octanol–water partition coefficient (Wildman–Crippen LogP) is 3.47. The van der Waals surface area contributed by atoms with E-state index in [0.717, 1.165) is 43.7 Å². The number of rotatable bonds is 5. The second kappa shape index (κ2) is 8.18. The van der Waals surface area contributed by atoms with Crippen LogP contribution in [-0.4, -0.2) is 39.9 Å². The van der Waals surface area contributed by atoms with Crippen molar-refractivity contribution in [2.45, 2.75) is 25.4 Å². The minimum absolute atomic E-state index is 0.0234. The molecule has 0 spiro atoms. The summed E-state index contributed by atoms with van der Waals surface area (Å²) in [5.41, 5.74) is 3.95. The number of H-pyrrole nitrogens is 1. The first-order valence-corrected chi connectivity index (χ1v) is 9.44. The van der Waals surface area contributed by atoms with Crippen molar-refractivity contribution in [1.29, 1.82) is 0 Å². The standard InChI is InChI=1S/C22H24N4O/c27-22(21-7-6-20(25-21)18-4-2-1-3-5-18)24-19-10-14-26(15-11-19)16-17-8-12-23-13-9-17/h1-9,12-13,19,25H,10-11,14-16H2,(H,24,27). The molecule has 0 radical (unpaired) electrons. The Morgan fingerprint density at radius 3 is 2.52 bits per heavy atom. The molecule has 1 amide bonds. The van der Waals surface area contributed by atoms with Gasteiger partial charge in [-0.25, -0.2) is 0 Å². The second-order valence-corrected chi connectivity index (χ2v) is 7.03. The van der Waals surface area contributed by atoms with Gasteiger partial charge in [0.15, 0.2) is 0 Å². The van der Waals surface area contributed by atoms with Gasteiger partial charge in [0.25, 0.3) is 5.91 Å². The topological polar surface area (TPSA) is 61.0 Å². The van der Waals surface area contributed by atoms with E-state index in [-0.39, 0.29) is 11.9 Å². The summed E-state index contributed by atoms with van der Waals surface area (Å²) in [6.45, 7) is 2.93. The average Bonchev–Trinajstić information content (AvgIpc) is 3.21. The molecule has 0 bridgehead atoms. The van der Waals surface area contributed by atoms with Crippen molar-refractivity contribution in [3.05, 3.63) is 78.2 Å². The maximum atomic E-state index is 12.6. The van der Waals surface area contributed by atoms with Crippen molar-refractivity contribution < 1.29 is 4.79 Å². The van der Waals surface area contributed by atoms with E-state index in [4.69, 9.17) is 0 Å². The Morgan fingerprint density at radius 2 is 1.78 bits per heavy atom. The van der Waals surface area contributed by atoms with Crippen LogP contribution in [-0.2, 0) is 6.54 Å². The molecule has 1 aromatic carbocycles. The third-order valence-corrected chi connectivity index (χ3v) is 5.09. The smallest absolute Gasteiger partial charge is 0.267 e. The fourth-order valence-corrected chi connectivity index (χ4v) is 3.56. The molecule has 0 saturated carbocycles.